The monoisotopic (exact) mass is 373 g/mol. The van der Waals surface area contributed by atoms with E-state index in [1.54, 1.807) is 11.8 Å². The Hall–Kier alpha value is -1.37. The fourth-order valence-electron chi connectivity index (χ4n) is 4.77. The number of fused-ring (bicyclic) bond motifs is 1. The Morgan fingerprint density at radius 1 is 1.27 bits per heavy atom. The van der Waals surface area contributed by atoms with Gasteiger partial charge in [-0.05, 0) is 31.1 Å². The maximum Gasteiger partial charge on any atom is 0.240 e. The molecule has 0 unspecified atom stereocenters. The highest BCUT2D eigenvalue weighted by molar-refractivity contribution is 7.97. The van der Waals surface area contributed by atoms with E-state index in [9.17, 15) is 5.11 Å². The third kappa shape index (κ3) is 3.42. The lowest BCUT2D eigenvalue weighted by Crippen LogP contribution is -2.57. The normalized spacial score (nSPS) is 29.5. The summed E-state index contributed by atoms with van der Waals surface area (Å²) in [7, 11) is 0. The molecule has 0 spiro atoms. The highest BCUT2D eigenvalue weighted by Gasteiger charge is 2.49. The molecule has 1 N–H and O–H groups in total. The lowest BCUT2D eigenvalue weighted by atomic mass is 9.66. The number of thioether (sulfide) groups is 1. The van der Waals surface area contributed by atoms with Crippen molar-refractivity contribution in [2.24, 2.45) is 5.92 Å². The summed E-state index contributed by atoms with van der Waals surface area (Å²) in [6.45, 7) is 1.54. The Morgan fingerprint density at radius 3 is 2.88 bits per heavy atom. The van der Waals surface area contributed by atoms with E-state index in [0.29, 0.717) is 18.5 Å². The molecule has 1 aliphatic heterocycles. The second-order valence-electron chi connectivity index (χ2n) is 7.51. The number of hydrogen-bond acceptors (Lipinski definition) is 6. The van der Waals surface area contributed by atoms with Gasteiger partial charge in [-0.15, -0.1) is 0 Å². The van der Waals surface area contributed by atoms with Crippen LogP contribution in [-0.4, -0.2) is 39.0 Å². The van der Waals surface area contributed by atoms with Crippen LogP contribution in [0.25, 0.3) is 0 Å². The zero-order valence-corrected chi connectivity index (χ0v) is 16.1. The zero-order chi connectivity index (χ0) is 18.0. The molecule has 2 aromatic rings. The van der Waals surface area contributed by atoms with Crippen molar-refractivity contribution in [1.82, 2.24) is 15.0 Å². The SMILES string of the molecule is CSCc1noc(CN2CC[C@@](O)(c3ccccc3)[C@H]3CCCC[C@H]32)n1. The minimum absolute atomic E-state index is 0.265. The summed E-state index contributed by atoms with van der Waals surface area (Å²) >= 11 is 1.70. The van der Waals surface area contributed by atoms with E-state index in [0.717, 1.165) is 42.9 Å². The van der Waals surface area contributed by atoms with Gasteiger partial charge >= 0.3 is 0 Å². The molecular weight excluding hydrogens is 346 g/mol. The third-order valence-corrected chi connectivity index (χ3v) is 6.53. The van der Waals surface area contributed by atoms with Crippen molar-refractivity contribution < 1.29 is 9.63 Å². The van der Waals surface area contributed by atoms with Crippen LogP contribution in [0.15, 0.2) is 34.9 Å². The minimum atomic E-state index is -0.721. The molecule has 6 heteroatoms. The average Bonchev–Trinajstić information content (AvgIpc) is 3.12. The predicted octanol–water partition coefficient (Wildman–Crippen LogP) is 3.58. The van der Waals surface area contributed by atoms with Crippen LogP contribution in [0.1, 0.15) is 49.4 Å². The van der Waals surface area contributed by atoms with Crippen molar-refractivity contribution >= 4 is 11.8 Å². The van der Waals surface area contributed by atoms with Crippen molar-refractivity contribution in [1.29, 1.82) is 0 Å². The molecule has 140 valence electrons. The Labute approximate surface area is 159 Å². The number of aromatic nitrogens is 2. The molecule has 26 heavy (non-hydrogen) atoms. The Bertz CT molecular complexity index is 723. The molecule has 0 radical (unpaired) electrons. The average molecular weight is 374 g/mol. The second-order valence-corrected chi connectivity index (χ2v) is 8.37. The van der Waals surface area contributed by atoms with Gasteiger partial charge in [-0.2, -0.15) is 16.7 Å². The van der Waals surface area contributed by atoms with Crippen molar-refractivity contribution in [3.8, 4) is 0 Å². The van der Waals surface area contributed by atoms with Gasteiger partial charge in [0.05, 0.1) is 17.9 Å². The number of rotatable bonds is 5. The lowest BCUT2D eigenvalue weighted by molar-refractivity contribution is -0.124. The van der Waals surface area contributed by atoms with Gasteiger partial charge in [0.15, 0.2) is 5.82 Å². The quantitative estimate of drug-likeness (QED) is 0.864. The molecule has 2 fully saturated rings. The number of benzene rings is 1. The van der Waals surface area contributed by atoms with Gasteiger partial charge in [0.2, 0.25) is 5.89 Å². The first kappa shape index (κ1) is 18.0. The summed E-state index contributed by atoms with van der Waals surface area (Å²) in [4.78, 5) is 6.98. The van der Waals surface area contributed by atoms with Crippen molar-refractivity contribution in [3.05, 3.63) is 47.6 Å². The van der Waals surface area contributed by atoms with Gasteiger partial charge in [-0.25, -0.2) is 0 Å². The van der Waals surface area contributed by atoms with Crippen LogP contribution >= 0.6 is 11.8 Å². The Balaban J connectivity index is 1.54. The van der Waals surface area contributed by atoms with E-state index in [2.05, 4.69) is 27.2 Å². The molecule has 1 saturated heterocycles. The largest absolute Gasteiger partial charge is 0.385 e. The first-order valence-corrected chi connectivity index (χ1v) is 10.9. The Kier molecular flexibility index (Phi) is 5.34. The third-order valence-electron chi connectivity index (χ3n) is 5.99. The molecule has 1 aromatic carbocycles. The van der Waals surface area contributed by atoms with Gasteiger partial charge in [0, 0.05) is 18.5 Å². The number of nitrogens with zero attached hydrogens (tertiary/aromatic N) is 3. The molecule has 4 rings (SSSR count). The van der Waals surface area contributed by atoms with Crippen LogP contribution in [0.3, 0.4) is 0 Å². The van der Waals surface area contributed by atoms with E-state index in [4.69, 9.17) is 4.52 Å². The van der Waals surface area contributed by atoms with Crippen LogP contribution in [0.2, 0.25) is 0 Å². The highest BCUT2D eigenvalue weighted by Crippen LogP contribution is 2.47. The van der Waals surface area contributed by atoms with E-state index in [1.807, 2.05) is 24.5 Å². The van der Waals surface area contributed by atoms with Crippen LogP contribution in [0, 0.1) is 5.92 Å². The smallest absolute Gasteiger partial charge is 0.240 e. The molecule has 0 bridgehead atoms. The van der Waals surface area contributed by atoms with Crippen molar-refractivity contribution in [2.45, 2.75) is 56.0 Å². The molecule has 1 saturated carbocycles. The van der Waals surface area contributed by atoms with E-state index in [-0.39, 0.29) is 5.92 Å². The number of likely N-dealkylation sites (tertiary alicyclic amines) is 1. The summed E-state index contributed by atoms with van der Waals surface area (Å²) in [5, 5.41) is 15.7. The highest BCUT2D eigenvalue weighted by atomic mass is 32.2. The minimum Gasteiger partial charge on any atom is -0.385 e. The Morgan fingerprint density at radius 2 is 2.08 bits per heavy atom. The fraction of sp³-hybridized carbons (Fsp3) is 0.600. The van der Waals surface area contributed by atoms with Gasteiger partial charge in [0.25, 0.3) is 0 Å². The first-order valence-electron chi connectivity index (χ1n) is 9.53. The van der Waals surface area contributed by atoms with Gasteiger partial charge < -0.3 is 9.63 Å². The van der Waals surface area contributed by atoms with Crippen LogP contribution < -0.4 is 0 Å². The summed E-state index contributed by atoms with van der Waals surface area (Å²) in [5.74, 6) is 2.51. The molecular formula is C20H27N3O2S. The van der Waals surface area contributed by atoms with Crippen LogP contribution in [-0.2, 0) is 17.9 Å². The van der Waals surface area contributed by atoms with Gasteiger partial charge in [0.1, 0.15) is 0 Å². The maximum atomic E-state index is 11.6. The lowest BCUT2D eigenvalue weighted by Gasteiger charge is -2.52. The number of piperidine rings is 1. The van der Waals surface area contributed by atoms with Crippen LogP contribution in [0.4, 0.5) is 0 Å². The van der Waals surface area contributed by atoms with Crippen LogP contribution in [0.5, 0.6) is 0 Å². The zero-order valence-electron chi connectivity index (χ0n) is 15.3. The second kappa shape index (κ2) is 7.71. The molecule has 1 aliphatic carbocycles. The van der Waals surface area contributed by atoms with Crippen molar-refractivity contribution in [2.75, 3.05) is 12.8 Å². The fourth-order valence-corrected chi connectivity index (χ4v) is 5.14. The summed E-state index contributed by atoms with van der Waals surface area (Å²) in [6.07, 6.45) is 7.42. The maximum absolute atomic E-state index is 11.6. The molecule has 1 aromatic heterocycles. The van der Waals surface area contributed by atoms with E-state index in [1.165, 1.54) is 12.8 Å². The van der Waals surface area contributed by atoms with Gasteiger partial charge in [-0.1, -0.05) is 48.3 Å². The molecule has 2 aliphatic rings. The van der Waals surface area contributed by atoms with E-state index >= 15 is 0 Å². The molecule has 3 atom stereocenters. The summed E-state index contributed by atoms with van der Waals surface area (Å²) in [6, 6.07) is 10.6. The summed E-state index contributed by atoms with van der Waals surface area (Å²) in [5.41, 5.74) is 0.346. The standard InChI is InChI=1S/C20H27N3O2S/c1-26-14-18-21-19(25-22-18)13-23-12-11-20(24,15-7-3-2-4-8-15)16-9-5-6-10-17(16)23/h2-4,7-8,16-17,24H,5-6,9-14H2,1H3/t16-,17+,20+/m0/s1. The molecule has 0 amide bonds. The van der Waals surface area contributed by atoms with Crippen molar-refractivity contribution in [3.63, 3.8) is 0 Å². The number of aliphatic hydroxyl groups is 1. The molecule has 2 heterocycles. The predicted molar refractivity (Wildman–Crippen MR) is 103 cm³/mol. The summed E-state index contributed by atoms with van der Waals surface area (Å²) < 4.78 is 5.46. The number of hydrogen-bond donors (Lipinski definition) is 1. The van der Waals surface area contributed by atoms with Gasteiger partial charge in [-0.3, -0.25) is 4.90 Å². The molecule has 5 nitrogen and oxygen atoms in total. The first-order chi connectivity index (χ1) is 12.7. The van der Waals surface area contributed by atoms with E-state index < -0.39 is 5.60 Å². The topological polar surface area (TPSA) is 62.4 Å².